The maximum absolute atomic E-state index is 2.50. The predicted molar refractivity (Wildman–Crippen MR) is 121 cm³/mol. The first-order valence-corrected chi connectivity index (χ1v) is 10.5. The van der Waals surface area contributed by atoms with Crippen molar-refractivity contribution in [3.05, 3.63) is 70.3 Å². The minimum absolute atomic E-state index is 0.110. The van der Waals surface area contributed by atoms with Gasteiger partial charge in [-0.1, -0.05) is 112 Å². The van der Waals surface area contributed by atoms with E-state index in [0.29, 0.717) is 5.92 Å². The Hall–Kier alpha value is -1.56. The molecule has 1 unspecified atom stereocenters. The lowest BCUT2D eigenvalue weighted by molar-refractivity contribution is 0.529. The standard InChI is InChI=1S/C27H40/c1-11-21(19-15-13-12-14-16-19)24-22(26(5,6)7)17-20(25(2,3)4)18-23(24)27(8,9)10/h12-18,21H,11H2,1-10H3. The molecule has 0 fully saturated rings. The largest absolute Gasteiger partial charge is 0.0645 e. The highest BCUT2D eigenvalue weighted by Gasteiger charge is 2.32. The van der Waals surface area contributed by atoms with E-state index in [4.69, 9.17) is 0 Å². The molecule has 0 aliphatic carbocycles. The van der Waals surface area contributed by atoms with Crippen molar-refractivity contribution in [1.82, 2.24) is 0 Å². The van der Waals surface area contributed by atoms with Gasteiger partial charge in [0.2, 0.25) is 0 Å². The fourth-order valence-electron chi connectivity index (χ4n) is 3.99. The molecule has 2 aromatic rings. The summed E-state index contributed by atoms with van der Waals surface area (Å²) in [5.41, 5.74) is 7.82. The van der Waals surface area contributed by atoms with Gasteiger partial charge in [-0.3, -0.25) is 0 Å². The average Bonchev–Trinajstić information content (AvgIpc) is 2.53. The lowest BCUT2D eigenvalue weighted by atomic mass is 9.68. The summed E-state index contributed by atoms with van der Waals surface area (Å²) in [6, 6.07) is 16.1. The highest BCUT2D eigenvalue weighted by Crippen LogP contribution is 2.44. The van der Waals surface area contributed by atoms with Gasteiger partial charge in [-0.15, -0.1) is 0 Å². The van der Waals surface area contributed by atoms with Gasteiger partial charge in [-0.2, -0.15) is 0 Å². The number of benzene rings is 2. The van der Waals surface area contributed by atoms with Crippen LogP contribution in [0.4, 0.5) is 0 Å². The molecule has 0 heteroatoms. The van der Waals surface area contributed by atoms with Gasteiger partial charge in [0, 0.05) is 5.92 Å². The zero-order chi connectivity index (χ0) is 20.6. The van der Waals surface area contributed by atoms with Crippen molar-refractivity contribution in [2.24, 2.45) is 0 Å². The van der Waals surface area contributed by atoms with E-state index in [-0.39, 0.29) is 16.2 Å². The lowest BCUT2D eigenvalue weighted by Crippen LogP contribution is -2.26. The van der Waals surface area contributed by atoms with E-state index in [1.165, 1.54) is 22.3 Å². The maximum Gasteiger partial charge on any atom is 0.00926 e. The molecular weight excluding hydrogens is 324 g/mol. The van der Waals surface area contributed by atoms with Crippen LogP contribution in [-0.2, 0) is 16.2 Å². The van der Waals surface area contributed by atoms with E-state index >= 15 is 0 Å². The van der Waals surface area contributed by atoms with Crippen molar-refractivity contribution < 1.29 is 0 Å². The fourth-order valence-corrected chi connectivity index (χ4v) is 3.99. The Morgan fingerprint density at radius 2 is 1.11 bits per heavy atom. The van der Waals surface area contributed by atoms with Crippen molar-refractivity contribution in [2.45, 2.75) is 97.8 Å². The molecule has 27 heavy (non-hydrogen) atoms. The summed E-state index contributed by atoms with van der Waals surface area (Å²) in [7, 11) is 0. The van der Waals surface area contributed by atoms with Crippen LogP contribution in [0.1, 0.15) is 109 Å². The van der Waals surface area contributed by atoms with E-state index in [0.717, 1.165) is 6.42 Å². The Balaban J connectivity index is 2.92. The van der Waals surface area contributed by atoms with Crippen LogP contribution in [0.3, 0.4) is 0 Å². The monoisotopic (exact) mass is 364 g/mol. The quantitative estimate of drug-likeness (QED) is 0.516. The van der Waals surface area contributed by atoms with Gasteiger partial charge in [0.25, 0.3) is 0 Å². The highest BCUT2D eigenvalue weighted by molar-refractivity contribution is 5.52. The molecule has 0 amide bonds. The van der Waals surface area contributed by atoms with Crippen LogP contribution in [0, 0.1) is 0 Å². The van der Waals surface area contributed by atoms with Gasteiger partial charge in [-0.05, 0) is 50.5 Å². The molecule has 2 aromatic carbocycles. The lowest BCUT2D eigenvalue weighted by Gasteiger charge is -2.36. The van der Waals surface area contributed by atoms with Crippen molar-refractivity contribution in [1.29, 1.82) is 0 Å². The molecule has 148 valence electrons. The summed E-state index contributed by atoms with van der Waals surface area (Å²) >= 11 is 0. The van der Waals surface area contributed by atoms with E-state index in [9.17, 15) is 0 Å². The van der Waals surface area contributed by atoms with Crippen LogP contribution in [0.2, 0.25) is 0 Å². The summed E-state index contributed by atoms with van der Waals surface area (Å²) in [6.07, 6.45) is 1.12. The molecule has 0 bridgehead atoms. The zero-order valence-electron chi connectivity index (χ0n) is 19.3. The van der Waals surface area contributed by atoms with Crippen LogP contribution >= 0.6 is 0 Å². The summed E-state index contributed by atoms with van der Waals surface area (Å²) in [6.45, 7) is 23.5. The van der Waals surface area contributed by atoms with E-state index < -0.39 is 0 Å². The highest BCUT2D eigenvalue weighted by atomic mass is 14.4. The predicted octanol–water partition coefficient (Wildman–Crippen LogP) is 8.12. The normalized spacial score (nSPS) is 14.3. The first-order chi connectivity index (χ1) is 12.3. The topological polar surface area (TPSA) is 0 Å². The molecule has 0 heterocycles. The van der Waals surface area contributed by atoms with Crippen molar-refractivity contribution in [3.63, 3.8) is 0 Å². The second-order valence-electron chi connectivity index (χ2n) is 11.1. The smallest absolute Gasteiger partial charge is 0.00926 e. The molecule has 0 N–H and O–H groups in total. The summed E-state index contributed by atoms with van der Waals surface area (Å²) in [5.74, 6) is 0.434. The van der Waals surface area contributed by atoms with E-state index in [1.807, 2.05) is 0 Å². The van der Waals surface area contributed by atoms with Gasteiger partial charge in [0.1, 0.15) is 0 Å². The Bertz CT molecular complexity index is 723. The molecule has 0 radical (unpaired) electrons. The third kappa shape index (κ3) is 4.84. The maximum atomic E-state index is 2.50. The van der Waals surface area contributed by atoms with Crippen LogP contribution in [0.15, 0.2) is 42.5 Å². The Labute approximate surface area is 168 Å². The van der Waals surface area contributed by atoms with E-state index in [1.54, 1.807) is 5.56 Å². The Kier molecular flexibility index (Phi) is 6.00. The SMILES string of the molecule is CCC(c1ccccc1)c1c(C(C)(C)C)cc(C(C)(C)C)cc1C(C)(C)C. The molecule has 0 nitrogen and oxygen atoms in total. The first kappa shape index (κ1) is 21.7. The van der Waals surface area contributed by atoms with Crippen molar-refractivity contribution in [2.75, 3.05) is 0 Å². The van der Waals surface area contributed by atoms with Gasteiger partial charge in [0.05, 0.1) is 0 Å². The molecule has 0 aliphatic rings. The minimum atomic E-state index is 0.110. The number of hydrogen-bond acceptors (Lipinski definition) is 0. The summed E-state index contributed by atoms with van der Waals surface area (Å²) in [4.78, 5) is 0. The number of hydrogen-bond donors (Lipinski definition) is 0. The summed E-state index contributed by atoms with van der Waals surface area (Å²) in [5, 5.41) is 0. The summed E-state index contributed by atoms with van der Waals surface area (Å²) < 4.78 is 0. The molecule has 1 atom stereocenters. The third-order valence-corrected chi connectivity index (χ3v) is 5.62. The molecule has 0 saturated heterocycles. The van der Waals surface area contributed by atoms with Crippen LogP contribution < -0.4 is 0 Å². The Morgan fingerprint density at radius 3 is 1.44 bits per heavy atom. The molecular formula is C27H40. The molecule has 0 saturated carbocycles. The van der Waals surface area contributed by atoms with Crippen molar-refractivity contribution in [3.8, 4) is 0 Å². The molecule has 0 aromatic heterocycles. The molecule has 0 spiro atoms. The molecule has 2 rings (SSSR count). The first-order valence-electron chi connectivity index (χ1n) is 10.5. The average molecular weight is 365 g/mol. The van der Waals surface area contributed by atoms with Crippen LogP contribution in [0.5, 0.6) is 0 Å². The fraction of sp³-hybridized carbons (Fsp3) is 0.556. The van der Waals surface area contributed by atoms with Gasteiger partial charge >= 0.3 is 0 Å². The third-order valence-electron chi connectivity index (χ3n) is 5.62. The van der Waals surface area contributed by atoms with Gasteiger partial charge < -0.3 is 0 Å². The number of rotatable bonds is 3. The molecule has 0 aliphatic heterocycles. The minimum Gasteiger partial charge on any atom is -0.0645 e. The van der Waals surface area contributed by atoms with Crippen LogP contribution in [0.25, 0.3) is 0 Å². The van der Waals surface area contributed by atoms with Crippen molar-refractivity contribution >= 4 is 0 Å². The Morgan fingerprint density at radius 1 is 0.667 bits per heavy atom. The van der Waals surface area contributed by atoms with Gasteiger partial charge in [0.15, 0.2) is 0 Å². The second kappa shape index (κ2) is 7.46. The van der Waals surface area contributed by atoms with Crippen LogP contribution in [-0.4, -0.2) is 0 Å². The second-order valence-corrected chi connectivity index (χ2v) is 11.1. The van der Waals surface area contributed by atoms with E-state index in [2.05, 4.69) is 112 Å². The van der Waals surface area contributed by atoms with Gasteiger partial charge in [-0.25, -0.2) is 0 Å². The zero-order valence-corrected chi connectivity index (χ0v) is 19.3.